The van der Waals surface area contributed by atoms with Crippen molar-refractivity contribution in [3.8, 4) is 73.2 Å². The standard InChI is InChI=1S/C66H48N4O.Pt/c1-43-36-63(67-41-58(43)45-30-32-48(33-31-45)66(2,3)4)70-59-27-14-13-26-53(59)54-35-34-51(39-62(54)70)71-50-24-17-23-49(38-50)68-42-69(61-29-16-15-28-60(61)68)65-55(44-18-7-5-8-19-44)40-56-52-25-12-11-22-47(52)37-57(56)64(65)46-20-9-6-10-21-46;/h5-36,40-41H,37H2,1-4H3;/q-2;/i1D3;. The minimum absolute atomic E-state index is 0.0392. The summed E-state index contributed by atoms with van der Waals surface area (Å²) in [5, 5.41) is 1.93. The van der Waals surface area contributed by atoms with Gasteiger partial charge in [-0.05, 0) is 29.0 Å². The van der Waals surface area contributed by atoms with Crippen molar-refractivity contribution in [1.29, 1.82) is 0 Å². The van der Waals surface area contributed by atoms with Gasteiger partial charge in [-0.1, -0.05) is 57.2 Å². The van der Waals surface area contributed by atoms with Crippen molar-refractivity contribution in [3.05, 3.63) is 245 Å². The van der Waals surface area contributed by atoms with Gasteiger partial charge < -0.3 is 0 Å². The molecule has 0 N–H and O–H groups in total. The Labute approximate surface area is 434 Å². The maximum atomic E-state index is 8.70. The molecule has 0 amide bonds. The molecule has 1 aliphatic carbocycles. The normalized spacial score (nSPS) is 13.0. The first-order valence-corrected chi connectivity index (χ1v) is 25.4. The molecule has 72 heavy (non-hydrogen) atoms. The first-order valence-electron chi connectivity index (χ1n) is 25.7. The third-order valence-electron chi connectivity index (χ3n) is 14.1. The minimum Gasteiger partial charge on any atom is -0.0579 e. The van der Waals surface area contributed by atoms with Crippen molar-refractivity contribution in [2.75, 3.05) is 0 Å². The summed E-state index contributed by atoms with van der Waals surface area (Å²) in [5.74, 6) is 1.47. The summed E-state index contributed by atoms with van der Waals surface area (Å²) >= 11 is 2.49. The molecule has 350 valence electrons. The van der Waals surface area contributed by atoms with Crippen molar-refractivity contribution in [3.63, 3.8) is 0 Å². The summed E-state index contributed by atoms with van der Waals surface area (Å²) in [7, 11) is 0. The van der Waals surface area contributed by atoms with E-state index in [-0.39, 0.29) is 11.0 Å². The Morgan fingerprint density at radius 2 is 1.22 bits per heavy atom. The minimum atomic E-state index is -2.41. The number of ether oxygens (including phenoxy) is 1. The third-order valence-corrected chi connectivity index (χ3v) is 15.1. The Morgan fingerprint density at radius 1 is 0.556 bits per heavy atom. The van der Waals surface area contributed by atoms with Crippen LogP contribution in [-0.2, 0) is 31.2 Å². The number of nitrogens with zero attached hydrogens (tertiary/aromatic N) is 4. The van der Waals surface area contributed by atoms with Gasteiger partial charge in [0, 0.05) is 15.9 Å². The fourth-order valence-corrected chi connectivity index (χ4v) is 11.7. The molecule has 0 fully saturated rings. The number of fused-ring (bicyclic) bond motifs is 7. The summed E-state index contributed by atoms with van der Waals surface area (Å²) in [6.45, 7) is 4.09. The zero-order valence-corrected chi connectivity index (χ0v) is 42.1. The quantitative estimate of drug-likeness (QED) is 0.142. The van der Waals surface area contributed by atoms with Gasteiger partial charge in [0.2, 0.25) is 0 Å². The number of hydrogen-bond donors (Lipinski definition) is 0. The number of aromatic nitrogens is 4. The van der Waals surface area contributed by atoms with E-state index in [4.69, 9.17) is 13.8 Å². The van der Waals surface area contributed by atoms with Gasteiger partial charge in [-0.3, -0.25) is 0 Å². The maximum absolute atomic E-state index is 8.70. The molecule has 5 nitrogen and oxygen atoms in total. The monoisotopic (exact) mass is 1110 g/mol. The van der Waals surface area contributed by atoms with Crippen LogP contribution in [0.4, 0.5) is 0 Å². The summed E-state index contributed by atoms with van der Waals surface area (Å²) in [5.41, 5.74) is 18.2. The SMILES string of the molecule is [2H]C([2H])([2H])c1cc(-n2c3[c-]c(Oc4[c-]c(-n5[c](=[Pt])n(-c6c(-c7ccccc7)cc7c(c6-c6ccccc6)Cc6ccccc6-7)c6ccccc65)ccc4)ccc3c3ccccc32)ncc1-c1ccc(C(C)(C)C)cc1. The Kier molecular flexibility index (Phi) is 9.77. The van der Waals surface area contributed by atoms with E-state index in [1.165, 1.54) is 33.4 Å². The molecule has 0 aliphatic heterocycles. The summed E-state index contributed by atoms with van der Waals surface area (Å²) in [4.78, 5) is 4.97. The molecule has 9 aromatic carbocycles. The van der Waals surface area contributed by atoms with Crippen LogP contribution in [0.25, 0.3) is 94.5 Å². The zero-order chi connectivity index (χ0) is 51.2. The molecule has 0 saturated carbocycles. The Morgan fingerprint density at radius 3 is 1.99 bits per heavy atom. The van der Waals surface area contributed by atoms with E-state index in [2.05, 4.69) is 201 Å². The molecular formula is C66H48N4OPt-2. The van der Waals surface area contributed by atoms with Gasteiger partial charge in [-0.2, -0.15) is 0 Å². The molecule has 0 bridgehead atoms. The van der Waals surface area contributed by atoms with Gasteiger partial charge >= 0.3 is 335 Å². The summed E-state index contributed by atoms with van der Waals surface area (Å²) < 4.78 is 40.5. The molecule has 3 heterocycles. The number of imidazole rings is 1. The van der Waals surface area contributed by atoms with E-state index >= 15 is 0 Å². The molecule has 0 radical (unpaired) electrons. The fourth-order valence-electron chi connectivity index (χ4n) is 10.7. The van der Waals surface area contributed by atoms with Gasteiger partial charge in [0.15, 0.2) is 0 Å². The second kappa shape index (κ2) is 17.3. The summed E-state index contributed by atoms with van der Waals surface area (Å²) in [6.07, 6.45) is 2.53. The van der Waals surface area contributed by atoms with E-state index in [0.29, 0.717) is 28.4 Å². The zero-order valence-electron chi connectivity index (χ0n) is 42.9. The molecule has 6 heteroatoms. The Hall–Kier alpha value is -8.11. The van der Waals surface area contributed by atoms with Crippen molar-refractivity contribution >= 4 is 32.8 Å². The molecule has 13 rings (SSSR count). The smallest absolute Gasteiger partial charge is 0.0579 e. The van der Waals surface area contributed by atoms with Crippen LogP contribution in [0.5, 0.6) is 11.5 Å². The third kappa shape index (κ3) is 7.33. The second-order valence-electron chi connectivity index (χ2n) is 19.5. The van der Waals surface area contributed by atoms with E-state index < -0.39 is 6.85 Å². The predicted molar refractivity (Wildman–Crippen MR) is 290 cm³/mol. The van der Waals surface area contributed by atoms with Gasteiger partial charge in [0.25, 0.3) is 0 Å². The molecular weight excluding hydrogens is 1060 g/mol. The molecule has 0 atom stereocenters. The van der Waals surface area contributed by atoms with Gasteiger partial charge in [0.05, 0.1) is 0 Å². The topological polar surface area (TPSA) is 36.9 Å². The summed E-state index contributed by atoms with van der Waals surface area (Å²) in [6, 6.07) is 76.5. The van der Waals surface area contributed by atoms with Crippen LogP contribution >= 0.6 is 0 Å². The van der Waals surface area contributed by atoms with Crippen LogP contribution in [0.1, 0.15) is 47.1 Å². The number of rotatable bonds is 8. The Bertz CT molecular complexity index is 4280. The number of benzene rings is 9. The Balaban J connectivity index is 0.936. The predicted octanol–water partition coefficient (Wildman–Crippen LogP) is 16.6. The van der Waals surface area contributed by atoms with Crippen molar-refractivity contribution in [2.24, 2.45) is 0 Å². The van der Waals surface area contributed by atoms with E-state index in [0.717, 1.165) is 71.2 Å². The number of para-hydroxylation sites is 3. The van der Waals surface area contributed by atoms with Crippen LogP contribution in [-0.4, -0.2) is 18.7 Å². The van der Waals surface area contributed by atoms with Crippen LogP contribution in [0.15, 0.2) is 206 Å². The van der Waals surface area contributed by atoms with Crippen molar-refractivity contribution < 1.29 is 28.2 Å². The van der Waals surface area contributed by atoms with Crippen LogP contribution in [0, 0.1) is 22.8 Å². The van der Waals surface area contributed by atoms with E-state index in [1.807, 2.05) is 59.2 Å². The van der Waals surface area contributed by atoms with Crippen molar-refractivity contribution in [1.82, 2.24) is 18.7 Å². The van der Waals surface area contributed by atoms with Gasteiger partial charge in [-0.15, -0.1) is 0 Å². The first kappa shape index (κ1) is 40.6. The van der Waals surface area contributed by atoms with Crippen LogP contribution in [0.3, 0.4) is 0 Å². The fraction of sp³-hybridized carbons (Fsp3) is 0.0909. The molecule has 3 aromatic heterocycles. The molecule has 1 aliphatic rings. The molecule has 0 unspecified atom stereocenters. The second-order valence-corrected chi connectivity index (χ2v) is 20.5. The molecule has 0 spiro atoms. The van der Waals surface area contributed by atoms with E-state index in [9.17, 15) is 0 Å². The molecule has 0 saturated heterocycles. The van der Waals surface area contributed by atoms with Crippen LogP contribution < -0.4 is 4.74 Å². The van der Waals surface area contributed by atoms with Gasteiger partial charge in [-0.25, -0.2) is 0 Å². The number of pyridine rings is 1. The van der Waals surface area contributed by atoms with E-state index in [1.54, 1.807) is 12.3 Å². The molecule has 12 aromatic rings. The number of aryl methyl sites for hydroxylation is 1. The average Bonchev–Trinajstić information content (AvgIpc) is 4.20. The van der Waals surface area contributed by atoms with Gasteiger partial charge in [0.1, 0.15) is 0 Å². The first-order chi connectivity index (χ1) is 36.4. The number of hydrogen-bond acceptors (Lipinski definition) is 2. The van der Waals surface area contributed by atoms with Crippen LogP contribution in [0.2, 0.25) is 0 Å². The average molecular weight is 1110 g/mol. The van der Waals surface area contributed by atoms with Crippen molar-refractivity contribution in [2.45, 2.75) is 39.5 Å².